The van der Waals surface area contributed by atoms with Crippen LogP contribution in [0.15, 0.2) is 54.9 Å². The summed E-state index contributed by atoms with van der Waals surface area (Å²) in [4.78, 5) is 19.8. The summed E-state index contributed by atoms with van der Waals surface area (Å²) in [5.41, 5.74) is 8.62. The molecule has 0 aliphatic heterocycles. The van der Waals surface area contributed by atoms with Gasteiger partial charge >= 0.3 is 5.97 Å². The number of hydrogen-bond donors (Lipinski definition) is 1. The first-order valence-corrected chi connectivity index (χ1v) is 9.78. The number of ether oxygens (including phenoxy) is 2. The monoisotopic (exact) mass is 429 g/mol. The van der Waals surface area contributed by atoms with Gasteiger partial charge in [-0.15, -0.1) is 0 Å². The summed E-state index contributed by atoms with van der Waals surface area (Å²) in [6.07, 6.45) is 3.69. The number of carbonyl (C=O) groups excluding carboxylic acids is 1. The average Bonchev–Trinajstić information content (AvgIpc) is 2.71. The van der Waals surface area contributed by atoms with Crippen molar-refractivity contribution in [2.75, 3.05) is 6.61 Å². The van der Waals surface area contributed by atoms with Crippen LogP contribution in [0.4, 0.5) is 4.39 Å². The molecule has 1 atom stereocenters. The third-order valence-electron chi connectivity index (χ3n) is 4.20. The molecule has 2 N–H and O–H groups in total. The van der Waals surface area contributed by atoms with Gasteiger partial charge in [-0.2, -0.15) is 0 Å². The van der Waals surface area contributed by atoms with Crippen LogP contribution >= 0.6 is 11.6 Å². The fourth-order valence-corrected chi connectivity index (χ4v) is 3.00. The van der Waals surface area contributed by atoms with Gasteiger partial charge in [-0.25, -0.2) is 9.37 Å². The molecule has 3 aromatic rings. The Morgan fingerprint density at radius 1 is 1.20 bits per heavy atom. The minimum atomic E-state index is -0.639. The molecule has 6 nitrogen and oxygen atoms in total. The second-order valence-electron chi connectivity index (χ2n) is 6.59. The van der Waals surface area contributed by atoms with E-state index in [9.17, 15) is 9.18 Å². The number of halogens is 2. The minimum Gasteiger partial charge on any atom is -0.466 e. The van der Waals surface area contributed by atoms with Crippen LogP contribution in [0.25, 0.3) is 11.3 Å². The number of aromatic nitrogens is 2. The molecular formula is C22H21ClFN3O3. The van der Waals surface area contributed by atoms with Crippen molar-refractivity contribution in [3.63, 3.8) is 0 Å². The predicted molar refractivity (Wildman–Crippen MR) is 112 cm³/mol. The SMILES string of the molecule is CCOC(=O)CC(N)Cc1ccnc(-c2ccc(Oc3ncc(Cl)cc3F)cc2)c1. The Morgan fingerprint density at radius 3 is 2.67 bits per heavy atom. The molecule has 156 valence electrons. The van der Waals surface area contributed by atoms with Crippen LogP contribution < -0.4 is 10.5 Å². The quantitative estimate of drug-likeness (QED) is 0.528. The second kappa shape index (κ2) is 10.1. The van der Waals surface area contributed by atoms with Crippen molar-refractivity contribution in [2.24, 2.45) is 5.73 Å². The molecule has 0 saturated heterocycles. The van der Waals surface area contributed by atoms with E-state index in [1.54, 1.807) is 25.3 Å². The zero-order chi connectivity index (χ0) is 21.5. The highest BCUT2D eigenvalue weighted by molar-refractivity contribution is 6.30. The first kappa shape index (κ1) is 21.7. The van der Waals surface area contributed by atoms with E-state index in [2.05, 4.69) is 9.97 Å². The van der Waals surface area contributed by atoms with E-state index in [0.29, 0.717) is 18.8 Å². The molecule has 0 radical (unpaired) electrons. The van der Waals surface area contributed by atoms with E-state index in [-0.39, 0.29) is 29.3 Å². The Labute approximate surface area is 178 Å². The second-order valence-corrected chi connectivity index (χ2v) is 7.03. The largest absolute Gasteiger partial charge is 0.466 e. The van der Waals surface area contributed by atoms with E-state index in [4.69, 9.17) is 26.8 Å². The van der Waals surface area contributed by atoms with Crippen LogP contribution in [0.1, 0.15) is 18.9 Å². The lowest BCUT2D eigenvalue weighted by molar-refractivity contribution is -0.143. The number of carbonyl (C=O) groups is 1. The highest BCUT2D eigenvalue weighted by atomic mass is 35.5. The Balaban J connectivity index is 1.67. The highest BCUT2D eigenvalue weighted by Crippen LogP contribution is 2.27. The number of rotatable bonds is 8. The molecule has 1 unspecified atom stereocenters. The van der Waals surface area contributed by atoms with Crippen molar-refractivity contribution >= 4 is 17.6 Å². The minimum absolute atomic E-state index is 0.150. The topological polar surface area (TPSA) is 87.3 Å². The van der Waals surface area contributed by atoms with E-state index >= 15 is 0 Å². The van der Waals surface area contributed by atoms with Gasteiger partial charge in [0, 0.05) is 24.0 Å². The summed E-state index contributed by atoms with van der Waals surface area (Å²) in [6.45, 7) is 2.10. The third-order valence-corrected chi connectivity index (χ3v) is 4.40. The van der Waals surface area contributed by atoms with Gasteiger partial charge in [0.25, 0.3) is 5.88 Å². The Hall–Kier alpha value is -3.03. The van der Waals surface area contributed by atoms with Crippen LogP contribution in [0.2, 0.25) is 5.02 Å². The van der Waals surface area contributed by atoms with Gasteiger partial charge in [-0.05, 0) is 61.4 Å². The van der Waals surface area contributed by atoms with E-state index < -0.39 is 5.82 Å². The molecule has 3 rings (SSSR count). The van der Waals surface area contributed by atoms with Crippen LogP contribution in [0.3, 0.4) is 0 Å². The zero-order valence-corrected chi connectivity index (χ0v) is 17.1. The maximum absolute atomic E-state index is 13.8. The third kappa shape index (κ3) is 5.98. The molecule has 0 aliphatic rings. The Kier molecular flexibility index (Phi) is 7.32. The summed E-state index contributed by atoms with van der Waals surface area (Å²) in [5.74, 6) is -0.662. The molecule has 1 aromatic carbocycles. The summed E-state index contributed by atoms with van der Waals surface area (Å²) in [6, 6.07) is 11.6. The molecule has 0 bridgehead atoms. The molecule has 2 heterocycles. The maximum atomic E-state index is 13.8. The number of pyridine rings is 2. The molecule has 2 aromatic heterocycles. The van der Waals surface area contributed by atoms with Gasteiger partial charge in [0.15, 0.2) is 5.82 Å². The van der Waals surface area contributed by atoms with Gasteiger partial charge in [0.1, 0.15) is 5.75 Å². The number of nitrogens with zero attached hydrogens (tertiary/aromatic N) is 2. The van der Waals surface area contributed by atoms with E-state index in [1.807, 2.05) is 24.3 Å². The summed E-state index contributed by atoms with van der Waals surface area (Å²) in [5, 5.41) is 0.197. The maximum Gasteiger partial charge on any atom is 0.307 e. The lowest BCUT2D eigenvalue weighted by atomic mass is 10.0. The smallest absolute Gasteiger partial charge is 0.307 e. The summed E-state index contributed by atoms with van der Waals surface area (Å²) < 4.78 is 24.2. The van der Waals surface area contributed by atoms with Crippen molar-refractivity contribution in [3.8, 4) is 22.9 Å². The first-order chi connectivity index (χ1) is 14.4. The average molecular weight is 430 g/mol. The van der Waals surface area contributed by atoms with Crippen molar-refractivity contribution in [1.29, 1.82) is 0 Å². The molecule has 0 amide bonds. The molecule has 0 aliphatic carbocycles. The number of nitrogens with two attached hydrogens (primary N) is 1. The van der Waals surface area contributed by atoms with Crippen molar-refractivity contribution in [1.82, 2.24) is 9.97 Å². The molecule has 8 heteroatoms. The molecule has 0 spiro atoms. The highest BCUT2D eigenvalue weighted by Gasteiger charge is 2.12. The van der Waals surface area contributed by atoms with Gasteiger partial charge in [0.05, 0.1) is 23.7 Å². The van der Waals surface area contributed by atoms with Crippen molar-refractivity contribution in [2.45, 2.75) is 25.8 Å². The zero-order valence-electron chi connectivity index (χ0n) is 16.3. The normalized spacial score (nSPS) is 11.7. The fraction of sp³-hybridized carbons (Fsp3) is 0.227. The van der Waals surface area contributed by atoms with Crippen LogP contribution in [0.5, 0.6) is 11.6 Å². The van der Waals surface area contributed by atoms with Crippen molar-refractivity contribution < 1.29 is 18.7 Å². The van der Waals surface area contributed by atoms with Crippen LogP contribution in [-0.4, -0.2) is 28.6 Å². The van der Waals surface area contributed by atoms with Gasteiger partial charge in [-0.3, -0.25) is 9.78 Å². The Bertz CT molecular complexity index is 1010. The molecule has 0 saturated carbocycles. The van der Waals surface area contributed by atoms with E-state index in [0.717, 1.165) is 22.9 Å². The number of hydrogen-bond acceptors (Lipinski definition) is 6. The standard InChI is InChI=1S/C22H21ClFN3O3/c1-2-29-21(28)12-17(25)9-14-7-8-26-20(10-14)15-3-5-18(6-4-15)30-22-19(24)11-16(23)13-27-22/h3-8,10-11,13,17H,2,9,12,25H2,1H3. The van der Waals surface area contributed by atoms with Gasteiger partial charge < -0.3 is 15.2 Å². The molecular weight excluding hydrogens is 409 g/mol. The predicted octanol–water partition coefficient (Wildman–Crippen LogP) is 4.55. The summed E-state index contributed by atoms with van der Waals surface area (Å²) in [7, 11) is 0. The summed E-state index contributed by atoms with van der Waals surface area (Å²) >= 11 is 5.70. The lowest BCUT2D eigenvalue weighted by Gasteiger charge is -2.12. The van der Waals surface area contributed by atoms with Crippen molar-refractivity contribution in [3.05, 3.63) is 71.3 Å². The van der Waals surface area contributed by atoms with Gasteiger partial charge in [0.2, 0.25) is 0 Å². The van der Waals surface area contributed by atoms with E-state index in [1.165, 1.54) is 6.20 Å². The molecule has 0 fully saturated rings. The number of benzene rings is 1. The Morgan fingerprint density at radius 2 is 1.97 bits per heavy atom. The van der Waals surface area contributed by atoms with Crippen LogP contribution in [0, 0.1) is 5.82 Å². The van der Waals surface area contributed by atoms with Crippen LogP contribution in [-0.2, 0) is 16.0 Å². The molecule has 30 heavy (non-hydrogen) atoms. The first-order valence-electron chi connectivity index (χ1n) is 9.40. The lowest BCUT2D eigenvalue weighted by Crippen LogP contribution is -2.27. The number of esters is 1. The fourth-order valence-electron chi connectivity index (χ4n) is 2.85. The van der Waals surface area contributed by atoms with Gasteiger partial charge in [-0.1, -0.05) is 11.6 Å².